The van der Waals surface area contributed by atoms with Gasteiger partial charge in [-0.25, -0.2) is 17.9 Å². The predicted octanol–water partition coefficient (Wildman–Crippen LogP) is 3.92. The third-order valence-electron chi connectivity index (χ3n) is 6.76. The fraction of sp³-hybridized carbons (Fsp3) is 0.480. The topological polar surface area (TPSA) is 84.9 Å². The minimum absolute atomic E-state index is 0.108. The fourth-order valence-corrected chi connectivity index (χ4v) is 6.26. The monoisotopic (exact) mass is 472 g/mol. The van der Waals surface area contributed by atoms with Crippen molar-refractivity contribution in [1.29, 1.82) is 0 Å². The number of hydrogen-bond donors (Lipinski definition) is 1. The summed E-state index contributed by atoms with van der Waals surface area (Å²) in [5.41, 5.74) is 1.37. The number of carbonyl (C=O) groups excluding carboxylic acids is 1. The number of nitrogens with zero attached hydrogens (tertiary/aromatic N) is 1. The second-order valence-electron chi connectivity index (χ2n) is 8.78. The van der Waals surface area contributed by atoms with Gasteiger partial charge in [-0.1, -0.05) is 48.5 Å². The van der Waals surface area contributed by atoms with E-state index in [4.69, 9.17) is 9.47 Å². The predicted molar refractivity (Wildman–Crippen MR) is 125 cm³/mol. The number of rotatable bonds is 7. The van der Waals surface area contributed by atoms with Crippen molar-refractivity contribution in [2.24, 2.45) is 0 Å². The molecule has 2 aromatic rings. The Morgan fingerprint density at radius 1 is 0.970 bits per heavy atom. The van der Waals surface area contributed by atoms with Gasteiger partial charge in [0.2, 0.25) is 10.0 Å². The zero-order valence-corrected chi connectivity index (χ0v) is 19.7. The van der Waals surface area contributed by atoms with E-state index in [2.05, 4.69) is 29.0 Å². The van der Waals surface area contributed by atoms with Crippen molar-refractivity contribution in [3.8, 4) is 0 Å². The van der Waals surface area contributed by atoms with E-state index in [-0.39, 0.29) is 17.6 Å². The first-order valence-corrected chi connectivity index (χ1v) is 13.0. The number of carbonyl (C=O) groups is 1. The molecule has 1 saturated carbocycles. The molecule has 0 spiro atoms. The highest BCUT2D eigenvalue weighted by Crippen LogP contribution is 2.34. The number of amides is 1. The van der Waals surface area contributed by atoms with Crippen LogP contribution < -0.4 is 4.72 Å². The molecule has 1 amide bonds. The van der Waals surface area contributed by atoms with E-state index in [9.17, 15) is 13.2 Å². The Labute approximate surface area is 196 Å². The third kappa shape index (κ3) is 5.75. The molecule has 2 atom stereocenters. The van der Waals surface area contributed by atoms with E-state index < -0.39 is 28.2 Å². The molecule has 1 N–H and O–H groups in total. The summed E-state index contributed by atoms with van der Waals surface area (Å²) in [5, 5.41) is 0. The van der Waals surface area contributed by atoms with Crippen LogP contribution in [-0.4, -0.2) is 57.9 Å². The van der Waals surface area contributed by atoms with Gasteiger partial charge in [-0.3, -0.25) is 0 Å². The first-order chi connectivity index (χ1) is 16.0. The molecule has 178 valence electrons. The summed E-state index contributed by atoms with van der Waals surface area (Å²) >= 11 is 0. The molecule has 8 heteroatoms. The molecule has 7 nitrogen and oxygen atoms in total. The van der Waals surface area contributed by atoms with Crippen LogP contribution in [-0.2, 0) is 19.5 Å². The first kappa shape index (κ1) is 23.7. The molecule has 4 rings (SSSR count). The van der Waals surface area contributed by atoms with Gasteiger partial charge < -0.3 is 14.4 Å². The number of likely N-dealkylation sites (tertiary alicyclic amines) is 1. The highest BCUT2D eigenvalue weighted by molar-refractivity contribution is 7.89. The molecule has 33 heavy (non-hydrogen) atoms. The number of methoxy groups -OCH3 is 1. The summed E-state index contributed by atoms with van der Waals surface area (Å²) in [6.07, 6.45) is 4.18. The van der Waals surface area contributed by atoms with Crippen LogP contribution in [0, 0.1) is 0 Å². The van der Waals surface area contributed by atoms with E-state index >= 15 is 0 Å². The van der Waals surface area contributed by atoms with E-state index in [0.717, 1.165) is 25.7 Å². The maximum atomic E-state index is 12.9. The summed E-state index contributed by atoms with van der Waals surface area (Å²) < 4.78 is 39.7. The standard InChI is InChI=1S/C25H32N2O5S/c1-31-25(28)27-17-16-23(26-33(29,30)22-10-6-3-7-11-22)24(27)18-32-21-14-12-20(13-15-21)19-8-4-2-5-9-19/h2-11,20-21,23-24,26H,12-18H2,1H3/t20?,21?,23?,24-/m0/s1. The molecule has 1 aliphatic carbocycles. The molecule has 1 aliphatic heterocycles. The minimum atomic E-state index is -3.70. The number of sulfonamides is 1. The average Bonchev–Trinajstić information content (AvgIpc) is 3.25. The Hall–Kier alpha value is -2.42. The van der Waals surface area contributed by atoms with E-state index in [1.165, 1.54) is 12.7 Å². The highest BCUT2D eigenvalue weighted by atomic mass is 32.2. The summed E-state index contributed by atoms with van der Waals surface area (Å²) in [5.74, 6) is 0.550. The van der Waals surface area contributed by atoms with Crippen LogP contribution in [0.1, 0.15) is 43.6 Å². The van der Waals surface area contributed by atoms with Gasteiger partial charge >= 0.3 is 6.09 Å². The van der Waals surface area contributed by atoms with Crippen molar-refractivity contribution in [2.45, 2.75) is 61.1 Å². The molecule has 0 aromatic heterocycles. The van der Waals surface area contributed by atoms with E-state index in [1.54, 1.807) is 35.2 Å². The maximum absolute atomic E-state index is 12.9. The van der Waals surface area contributed by atoms with Crippen molar-refractivity contribution in [3.63, 3.8) is 0 Å². The molecule has 0 radical (unpaired) electrons. The van der Waals surface area contributed by atoms with Crippen molar-refractivity contribution in [3.05, 3.63) is 66.2 Å². The number of ether oxygens (including phenoxy) is 2. The van der Waals surface area contributed by atoms with Crippen LogP contribution in [0.15, 0.2) is 65.6 Å². The molecule has 2 aliphatic rings. The third-order valence-corrected chi connectivity index (χ3v) is 8.27. The molecule has 1 saturated heterocycles. The number of benzene rings is 2. The van der Waals surface area contributed by atoms with Crippen molar-refractivity contribution in [1.82, 2.24) is 9.62 Å². The van der Waals surface area contributed by atoms with E-state index in [0.29, 0.717) is 18.9 Å². The largest absolute Gasteiger partial charge is 0.453 e. The molecule has 1 unspecified atom stereocenters. The van der Waals surface area contributed by atoms with Crippen LogP contribution in [0.4, 0.5) is 4.79 Å². The smallest absolute Gasteiger partial charge is 0.409 e. The maximum Gasteiger partial charge on any atom is 0.409 e. The molecule has 2 aromatic carbocycles. The van der Waals surface area contributed by atoms with E-state index in [1.807, 2.05) is 6.07 Å². The zero-order valence-electron chi connectivity index (χ0n) is 18.9. The molecular formula is C25H32N2O5S. The average molecular weight is 473 g/mol. The summed E-state index contributed by atoms with van der Waals surface area (Å²) in [6, 6.07) is 18.0. The van der Waals surface area contributed by atoms with Crippen molar-refractivity contribution >= 4 is 16.1 Å². The molecular weight excluding hydrogens is 440 g/mol. The van der Waals surface area contributed by atoms with Gasteiger partial charge in [0.15, 0.2) is 0 Å². The summed E-state index contributed by atoms with van der Waals surface area (Å²) in [4.78, 5) is 14.1. The first-order valence-electron chi connectivity index (χ1n) is 11.6. The quantitative estimate of drug-likeness (QED) is 0.660. The van der Waals surface area contributed by atoms with Gasteiger partial charge in [-0.15, -0.1) is 0 Å². The lowest BCUT2D eigenvalue weighted by Crippen LogP contribution is -2.49. The normalized spacial score (nSPS) is 25.7. The fourth-order valence-electron chi connectivity index (χ4n) is 4.93. The Balaban J connectivity index is 1.38. The van der Waals surface area contributed by atoms with Crippen molar-refractivity contribution in [2.75, 3.05) is 20.3 Å². The van der Waals surface area contributed by atoms with Crippen molar-refractivity contribution < 1.29 is 22.7 Å². The molecule has 2 fully saturated rings. The van der Waals surface area contributed by atoms with Crippen LogP contribution >= 0.6 is 0 Å². The Morgan fingerprint density at radius 2 is 1.61 bits per heavy atom. The second-order valence-corrected chi connectivity index (χ2v) is 10.5. The van der Waals surface area contributed by atoms with Gasteiger partial charge in [0, 0.05) is 12.6 Å². The van der Waals surface area contributed by atoms with Gasteiger partial charge in [-0.05, 0) is 55.7 Å². The van der Waals surface area contributed by atoms with Gasteiger partial charge in [0.25, 0.3) is 0 Å². The SMILES string of the molecule is COC(=O)N1CCC(NS(=O)(=O)c2ccccc2)[C@@H]1COC1CCC(c2ccccc2)CC1. The lowest BCUT2D eigenvalue weighted by atomic mass is 9.83. The highest BCUT2D eigenvalue weighted by Gasteiger charge is 2.40. The summed E-state index contributed by atoms with van der Waals surface area (Å²) in [6.45, 7) is 0.696. The Morgan fingerprint density at radius 3 is 2.24 bits per heavy atom. The lowest BCUT2D eigenvalue weighted by molar-refractivity contribution is -0.00535. The lowest BCUT2D eigenvalue weighted by Gasteiger charge is -2.32. The molecule has 0 bridgehead atoms. The zero-order chi connectivity index (χ0) is 23.3. The Bertz CT molecular complexity index is 1010. The Kier molecular flexibility index (Phi) is 7.67. The number of nitrogens with one attached hydrogen (secondary N) is 1. The van der Waals surface area contributed by atoms with Crippen LogP contribution in [0.5, 0.6) is 0 Å². The van der Waals surface area contributed by atoms with Crippen LogP contribution in [0.25, 0.3) is 0 Å². The van der Waals surface area contributed by atoms with Gasteiger partial charge in [-0.2, -0.15) is 0 Å². The van der Waals surface area contributed by atoms with Crippen LogP contribution in [0.3, 0.4) is 0 Å². The van der Waals surface area contributed by atoms with Gasteiger partial charge in [0.1, 0.15) is 0 Å². The second kappa shape index (κ2) is 10.7. The minimum Gasteiger partial charge on any atom is -0.453 e. The van der Waals surface area contributed by atoms with Crippen LogP contribution in [0.2, 0.25) is 0 Å². The van der Waals surface area contributed by atoms with Gasteiger partial charge in [0.05, 0.1) is 30.8 Å². The molecule has 1 heterocycles. The number of hydrogen-bond acceptors (Lipinski definition) is 5. The summed E-state index contributed by atoms with van der Waals surface area (Å²) in [7, 11) is -2.36.